The molecule has 1 aliphatic carbocycles. The number of nitrogens with zero attached hydrogens (tertiary/aromatic N) is 1. The number of hydrogen-bond acceptors (Lipinski definition) is 3. The maximum Gasteiger partial charge on any atom is 0.123 e. The number of ether oxygens (including phenoxy) is 1. The van der Waals surface area contributed by atoms with Crippen molar-refractivity contribution in [3.05, 3.63) is 28.8 Å². The molecule has 3 nitrogen and oxygen atoms in total. The SMILES string of the molecule is CC1(CN)CCN(Cc2cc(Cl)ccc2OCC2CC2)C1. The maximum absolute atomic E-state index is 6.17. The molecule has 1 heterocycles. The molecule has 1 aliphatic heterocycles. The first-order valence-electron chi connectivity index (χ1n) is 7.92. The zero-order valence-electron chi connectivity index (χ0n) is 12.8. The van der Waals surface area contributed by atoms with E-state index >= 15 is 0 Å². The fourth-order valence-corrected chi connectivity index (χ4v) is 3.17. The molecular weight excluding hydrogens is 284 g/mol. The minimum Gasteiger partial charge on any atom is -0.493 e. The monoisotopic (exact) mass is 308 g/mol. The zero-order chi connectivity index (χ0) is 14.9. The first-order chi connectivity index (χ1) is 10.1. The van der Waals surface area contributed by atoms with Gasteiger partial charge in [0.15, 0.2) is 0 Å². The Hall–Kier alpha value is -0.770. The summed E-state index contributed by atoms with van der Waals surface area (Å²) >= 11 is 6.17. The van der Waals surface area contributed by atoms with Crippen molar-refractivity contribution in [2.75, 3.05) is 26.2 Å². The fraction of sp³-hybridized carbons (Fsp3) is 0.647. The van der Waals surface area contributed by atoms with Gasteiger partial charge in [-0.15, -0.1) is 0 Å². The summed E-state index contributed by atoms with van der Waals surface area (Å²) in [5.41, 5.74) is 7.35. The molecule has 2 fully saturated rings. The second-order valence-corrected chi connectivity index (χ2v) is 7.42. The van der Waals surface area contributed by atoms with Crippen molar-refractivity contribution in [3.63, 3.8) is 0 Å². The second-order valence-electron chi connectivity index (χ2n) is 6.98. The molecule has 116 valence electrons. The molecule has 21 heavy (non-hydrogen) atoms. The van der Waals surface area contributed by atoms with Crippen molar-refractivity contribution < 1.29 is 4.74 Å². The van der Waals surface area contributed by atoms with Gasteiger partial charge in [0.25, 0.3) is 0 Å². The van der Waals surface area contributed by atoms with Crippen LogP contribution in [0, 0.1) is 11.3 Å². The van der Waals surface area contributed by atoms with Crippen molar-refractivity contribution in [1.82, 2.24) is 4.90 Å². The summed E-state index contributed by atoms with van der Waals surface area (Å²) in [4.78, 5) is 2.46. The first-order valence-corrected chi connectivity index (χ1v) is 8.29. The molecule has 0 amide bonds. The summed E-state index contributed by atoms with van der Waals surface area (Å²) in [6, 6.07) is 5.97. The van der Waals surface area contributed by atoms with Gasteiger partial charge in [-0.3, -0.25) is 4.90 Å². The van der Waals surface area contributed by atoms with Crippen molar-refractivity contribution in [2.24, 2.45) is 17.1 Å². The largest absolute Gasteiger partial charge is 0.493 e. The van der Waals surface area contributed by atoms with Crippen molar-refractivity contribution in [2.45, 2.75) is 32.7 Å². The summed E-state index contributed by atoms with van der Waals surface area (Å²) < 4.78 is 5.99. The lowest BCUT2D eigenvalue weighted by atomic mass is 9.90. The van der Waals surface area contributed by atoms with Crippen LogP contribution in [0.25, 0.3) is 0 Å². The molecule has 1 unspecified atom stereocenters. The van der Waals surface area contributed by atoms with E-state index in [1.807, 2.05) is 18.2 Å². The minimum absolute atomic E-state index is 0.258. The molecule has 1 saturated heterocycles. The highest BCUT2D eigenvalue weighted by atomic mass is 35.5. The molecule has 0 bridgehead atoms. The average Bonchev–Trinajstić information content (AvgIpc) is 3.22. The number of hydrogen-bond donors (Lipinski definition) is 1. The topological polar surface area (TPSA) is 38.5 Å². The molecule has 0 aromatic heterocycles. The quantitative estimate of drug-likeness (QED) is 0.876. The smallest absolute Gasteiger partial charge is 0.123 e. The number of likely N-dealkylation sites (tertiary alicyclic amines) is 1. The van der Waals surface area contributed by atoms with E-state index in [0.29, 0.717) is 0 Å². The number of rotatable bonds is 6. The number of nitrogens with two attached hydrogens (primary N) is 1. The normalized spacial score (nSPS) is 26.2. The predicted octanol–water partition coefficient (Wildman–Crippen LogP) is 3.30. The van der Waals surface area contributed by atoms with Gasteiger partial charge in [-0.25, -0.2) is 0 Å². The summed E-state index contributed by atoms with van der Waals surface area (Å²) in [6.07, 6.45) is 3.79. The Morgan fingerprint density at radius 3 is 2.90 bits per heavy atom. The van der Waals surface area contributed by atoms with E-state index in [0.717, 1.165) is 49.5 Å². The van der Waals surface area contributed by atoms with E-state index in [9.17, 15) is 0 Å². The molecule has 1 aromatic rings. The fourth-order valence-electron chi connectivity index (χ4n) is 2.97. The highest BCUT2D eigenvalue weighted by Crippen LogP contribution is 2.33. The maximum atomic E-state index is 6.17. The van der Waals surface area contributed by atoms with Crippen LogP contribution in [-0.2, 0) is 6.54 Å². The van der Waals surface area contributed by atoms with Crippen LogP contribution in [0.5, 0.6) is 5.75 Å². The van der Waals surface area contributed by atoms with Gasteiger partial charge in [0.1, 0.15) is 5.75 Å². The predicted molar refractivity (Wildman–Crippen MR) is 86.7 cm³/mol. The van der Waals surface area contributed by atoms with Gasteiger partial charge >= 0.3 is 0 Å². The van der Waals surface area contributed by atoms with Crippen molar-refractivity contribution in [1.29, 1.82) is 0 Å². The van der Waals surface area contributed by atoms with Crippen LogP contribution >= 0.6 is 11.6 Å². The van der Waals surface area contributed by atoms with Crippen molar-refractivity contribution >= 4 is 11.6 Å². The molecule has 1 atom stereocenters. The molecule has 2 N–H and O–H groups in total. The molecular formula is C17H25ClN2O. The average molecular weight is 309 g/mol. The second kappa shape index (κ2) is 6.15. The lowest BCUT2D eigenvalue weighted by Crippen LogP contribution is -2.31. The van der Waals surface area contributed by atoms with Crippen LogP contribution in [0.4, 0.5) is 0 Å². The number of benzene rings is 1. The Morgan fingerprint density at radius 2 is 2.24 bits per heavy atom. The molecule has 4 heteroatoms. The molecule has 3 rings (SSSR count). The molecule has 2 aliphatic rings. The molecule has 1 aromatic carbocycles. The van der Waals surface area contributed by atoms with Crippen LogP contribution in [-0.4, -0.2) is 31.1 Å². The highest BCUT2D eigenvalue weighted by molar-refractivity contribution is 6.30. The minimum atomic E-state index is 0.258. The van der Waals surface area contributed by atoms with Crippen LogP contribution in [0.3, 0.4) is 0 Å². The van der Waals surface area contributed by atoms with Crippen LogP contribution in [0.15, 0.2) is 18.2 Å². The summed E-state index contributed by atoms with van der Waals surface area (Å²) in [7, 11) is 0. The Kier molecular flexibility index (Phi) is 4.43. The van der Waals surface area contributed by atoms with Gasteiger partial charge in [0, 0.05) is 23.7 Å². The van der Waals surface area contributed by atoms with Gasteiger partial charge < -0.3 is 10.5 Å². The molecule has 0 radical (unpaired) electrons. The number of halogens is 1. The zero-order valence-corrected chi connectivity index (χ0v) is 13.5. The van der Waals surface area contributed by atoms with E-state index in [2.05, 4.69) is 11.8 Å². The summed E-state index contributed by atoms with van der Waals surface area (Å²) in [6.45, 7) is 6.92. The first kappa shape index (κ1) is 15.1. The van der Waals surface area contributed by atoms with Gasteiger partial charge in [-0.1, -0.05) is 18.5 Å². The van der Waals surface area contributed by atoms with Gasteiger partial charge in [-0.2, -0.15) is 0 Å². The third kappa shape index (κ3) is 3.91. The van der Waals surface area contributed by atoms with Crippen molar-refractivity contribution in [3.8, 4) is 5.75 Å². The summed E-state index contributed by atoms with van der Waals surface area (Å²) in [5.74, 6) is 1.76. The van der Waals surface area contributed by atoms with E-state index in [-0.39, 0.29) is 5.41 Å². The van der Waals surface area contributed by atoms with Gasteiger partial charge in [-0.05, 0) is 61.9 Å². The standard InChI is InChI=1S/C17H25ClN2O/c1-17(11-19)6-7-20(12-17)9-14-8-15(18)4-5-16(14)21-10-13-2-3-13/h4-5,8,13H,2-3,6-7,9-12,19H2,1H3. The summed E-state index contributed by atoms with van der Waals surface area (Å²) in [5, 5.41) is 0.782. The lowest BCUT2D eigenvalue weighted by molar-refractivity contribution is 0.261. The third-order valence-electron chi connectivity index (χ3n) is 4.72. The molecule has 0 spiro atoms. The Bertz CT molecular complexity index is 504. The van der Waals surface area contributed by atoms with Gasteiger partial charge in [0.05, 0.1) is 6.61 Å². The van der Waals surface area contributed by atoms with E-state index in [4.69, 9.17) is 22.1 Å². The third-order valence-corrected chi connectivity index (χ3v) is 4.95. The van der Waals surface area contributed by atoms with E-state index < -0.39 is 0 Å². The van der Waals surface area contributed by atoms with Crippen LogP contribution in [0.1, 0.15) is 31.7 Å². The van der Waals surface area contributed by atoms with Crippen LogP contribution < -0.4 is 10.5 Å². The molecule has 1 saturated carbocycles. The van der Waals surface area contributed by atoms with Crippen LogP contribution in [0.2, 0.25) is 5.02 Å². The Balaban J connectivity index is 1.67. The Labute approximate surface area is 132 Å². The van der Waals surface area contributed by atoms with E-state index in [1.54, 1.807) is 0 Å². The highest BCUT2D eigenvalue weighted by Gasteiger charge is 2.32. The van der Waals surface area contributed by atoms with E-state index in [1.165, 1.54) is 24.8 Å². The van der Waals surface area contributed by atoms with Gasteiger partial charge in [0.2, 0.25) is 0 Å². The lowest BCUT2D eigenvalue weighted by Gasteiger charge is -2.23. The Morgan fingerprint density at radius 1 is 1.43 bits per heavy atom.